The zero-order valence-electron chi connectivity index (χ0n) is 15.5. The second kappa shape index (κ2) is 7.95. The van der Waals surface area contributed by atoms with Crippen molar-refractivity contribution in [2.75, 3.05) is 6.61 Å². The minimum absolute atomic E-state index is 0.333. The predicted octanol–water partition coefficient (Wildman–Crippen LogP) is 6.39. The van der Waals surface area contributed by atoms with Crippen molar-refractivity contribution in [1.82, 2.24) is 0 Å². The third-order valence-electron chi connectivity index (χ3n) is 4.25. The summed E-state index contributed by atoms with van der Waals surface area (Å²) in [5.41, 5.74) is 4.25. The van der Waals surface area contributed by atoms with E-state index in [1.165, 1.54) is 25.7 Å². The van der Waals surface area contributed by atoms with Crippen molar-refractivity contribution in [3.05, 3.63) is 11.3 Å². The average molecular weight is 315 g/mol. The molecule has 0 saturated heterocycles. The minimum atomic E-state index is -1.54. The summed E-state index contributed by atoms with van der Waals surface area (Å²) < 4.78 is 6.24. The van der Waals surface area contributed by atoms with Gasteiger partial charge in [0.25, 0.3) is 0 Å². The predicted molar refractivity (Wildman–Crippen MR) is 98.7 cm³/mol. The SMILES string of the molecule is CC/C(=C\[Si](C)(C)C)CCCCO[Si](C)(C)C(C)(C)C. The van der Waals surface area contributed by atoms with Gasteiger partial charge >= 0.3 is 0 Å². The fourth-order valence-electron chi connectivity index (χ4n) is 1.96. The third-order valence-corrected chi connectivity index (χ3v) is 10.1. The van der Waals surface area contributed by atoms with Crippen LogP contribution >= 0.6 is 0 Å². The Labute approximate surface area is 130 Å². The Kier molecular flexibility index (Phi) is 8.00. The fourth-order valence-corrected chi connectivity index (χ4v) is 4.62. The van der Waals surface area contributed by atoms with Crippen molar-refractivity contribution >= 4 is 16.4 Å². The standard InChI is InChI=1S/C17H38OSi2/c1-10-16(15-19(5,6)7)13-11-12-14-18-20(8,9)17(2,3)4/h15H,10-14H2,1-9H3/b16-15+. The molecule has 0 saturated carbocycles. The Morgan fingerprint density at radius 1 is 1.00 bits per heavy atom. The largest absolute Gasteiger partial charge is 0.417 e. The van der Waals surface area contributed by atoms with Gasteiger partial charge in [-0.2, -0.15) is 0 Å². The van der Waals surface area contributed by atoms with Crippen LogP contribution in [0.5, 0.6) is 0 Å². The molecule has 3 heteroatoms. The van der Waals surface area contributed by atoms with E-state index in [0.29, 0.717) is 5.04 Å². The summed E-state index contributed by atoms with van der Waals surface area (Å²) in [4.78, 5) is 0. The molecule has 0 aliphatic heterocycles. The highest BCUT2D eigenvalue weighted by atomic mass is 28.4. The van der Waals surface area contributed by atoms with Crippen LogP contribution in [0.2, 0.25) is 37.8 Å². The molecule has 0 radical (unpaired) electrons. The first-order valence-electron chi connectivity index (χ1n) is 8.23. The molecule has 120 valence electrons. The zero-order chi connectivity index (χ0) is 16.0. The summed E-state index contributed by atoms with van der Waals surface area (Å²) >= 11 is 0. The highest BCUT2D eigenvalue weighted by Crippen LogP contribution is 2.36. The second-order valence-electron chi connectivity index (χ2n) is 8.59. The molecule has 0 aromatic carbocycles. The zero-order valence-corrected chi connectivity index (χ0v) is 17.5. The van der Waals surface area contributed by atoms with Gasteiger partial charge in [0.2, 0.25) is 0 Å². The lowest BCUT2D eigenvalue weighted by molar-refractivity contribution is 0.279. The second-order valence-corrected chi connectivity index (χ2v) is 18.4. The smallest absolute Gasteiger partial charge is 0.191 e. The molecule has 0 atom stereocenters. The number of unbranched alkanes of at least 4 members (excludes halogenated alkanes) is 1. The molecule has 1 nitrogen and oxygen atoms in total. The molecule has 0 heterocycles. The van der Waals surface area contributed by atoms with Crippen molar-refractivity contribution in [2.45, 2.75) is 91.2 Å². The number of rotatable bonds is 8. The molecule has 0 rings (SSSR count). The first-order valence-corrected chi connectivity index (χ1v) is 14.7. The molecule has 0 aromatic rings. The first kappa shape index (κ1) is 20.1. The van der Waals surface area contributed by atoms with Crippen LogP contribution in [0.25, 0.3) is 0 Å². The van der Waals surface area contributed by atoms with Crippen molar-refractivity contribution < 1.29 is 4.43 Å². The van der Waals surface area contributed by atoms with Crippen molar-refractivity contribution in [3.8, 4) is 0 Å². The van der Waals surface area contributed by atoms with Crippen molar-refractivity contribution in [2.24, 2.45) is 0 Å². The summed E-state index contributed by atoms with van der Waals surface area (Å²) in [6.45, 7) is 22.1. The van der Waals surface area contributed by atoms with Crippen LogP contribution in [0.15, 0.2) is 11.3 Å². The quantitative estimate of drug-likeness (QED) is 0.372. The van der Waals surface area contributed by atoms with Gasteiger partial charge in [-0.25, -0.2) is 0 Å². The molecule has 0 unspecified atom stereocenters. The summed E-state index contributed by atoms with van der Waals surface area (Å²) in [6.07, 6.45) is 4.96. The molecule has 0 amide bonds. The van der Waals surface area contributed by atoms with Gasteiger partial charge in [-0.3, -0.25) is 0 Å². The van der Waals surface area contributed by atoms with Gasteiger partial charge in [-0.05, 0) is 43.8 Å². The third kappa shape index (κ3) is 8.43. The van der Waals surface area contributed by atoms with E-state index < -0.39 is 16.4 Å². The molecule has 0 spiro atoms. The molecule has 0 fully saturated rings. The molecule has 0 aliphatic rings. The Morgan fingerprint density at radius 2 is 1.55 bits per heavy atom. The van der Waals surface area contributed by atoms with Crippen LogP contribution in [0.4, 0.5) is 0 Å². The summed E-state index contributed by atoms with van der Waals surface area (Å²) in [7, 11) is -2.59. The van der Waals surface area contributed by atoms with E-state index in [2.05, 4.69) is 66.1 Å². The maximum Gasteiger partial charge on any atom is 0.191 e. The van der Waals surface area contributed by atoms with E-state index in [1.54, 1.807) is 5.57 Å². The highest BCUT2D eigenvalue weighted by molar-refractivity contribution is 6.81. The summed E-state index contributed by atoms with van der Waals surface area (Å²) in [5, 5.41) is 0.333. The minimum Gasteiger partial charge on any atom is -0.417 e. The Bertz CT molecular complexity index is 306. The number of hydrogen-bond donors (Lipinski definition) is 0. The monoisotopic (exact) mass is 314 g/mol. The number of allylic oxidation sites excluding steroid dienone is 1. The van der Waals surface area contributed by atoms with Gasteiger partial charge < -0.3 is 4.43 Å². The molecule has 0 aliphatic carbocycles. The van der Waals surface area contributed by atoms with Crippen LogP contribution in [0.1, 0.15) is 53.4 Å². The highest BCUT2D eigenvalue weighted by Gasteiger charge is 2.36. The van der Waals surface area contributed by atoms with E-state index >= 15 is 0 Å². The van der Waals surface area contributed by atoms with E-state index in [9.17, 15) is 0 Å². The molecule has 0 N–H and O–H groups in total. The maximum atomic E-state index is 6.24. The van der Waals surface area contributed by atoms with E-state index in [0.717, 1.165) is 6.61 Å². The summed E-state index contributed by atoms with van der Waals surface area (Å²) in [6, 6.07) is 0. The topological polar surface area (TPSA) is 9.23 Å². The van der Waals surface area contributed by atoms with Gasteiger partial charge in [-0.1, -0.05) is 58.6 Å². The van der Waals surface area contributed by atoms with Crippen molar-refractivity contribution in [3.63, 3.8) is 0 Å². The van der Waals surface area contributed by atoms with Gasteiger partial charge in [0.15, 0.2) is 8.32 Å². The maximum absolute atomic E-state index is 6.24. The lowest BCUT2D eigenvalue weighted by atomic mass is 10.1. The molecule has 0 bridgehead atoms. The van der Waals surface area contributed by atoms with Gasteiger partial charge in [-0.15, -0.1) is 0 Å². The van der Waals surface area contributed by atoms with Gasteiger partial charge in [0.05, 0.1) is 8.07 Å². The van der Waals surface area contributed by atoms with Gasteiger partial charge in [0.1, 0.15) is 0 Å². The van der Waals surface area contributed by atoms with Crippen LogP contribution in [0.3, 0.4) is 0 Å². The van der Waals surface area contributed by atoms with E-state index in [1.807, 2.05) is 0 Å². The Morgan fingerprint density at radius 3 is 1.95 bits per heavy atom. The Hall–Kier alpha value is 0.134. The molecular weight excluding hydrogens is 276 g/mol. The van der Waals surface area contributed by atoms with Crippen LogP contribution in [-0.4, -0.2) is 23.0 Å². The molecule has 20 heavy (non-hydrogen) atoms. The number of hydrogen-bond acceptors (Lipinski definition) is 1. The fraction of sp³-hybridized carbons (Fsp3) is 0.882. The lowest BCUT2D eigenvalue weighted by Crippen LogP contribution is -2.40. The first-order chi connectivity index (χ1) is 8.89. The molecule has 0 aromatic heterocycles. The van der Waals surface area contributed by atoms with E-state index in [4.69, 9.17) is 4.43 Å². The normalized spacial score (nSPS) is 14.8. The lowest BCUT2D eigenvalue weighted by Gasteiger charge is -2.36. The average Bonchev–Trinajstić information content (AvgIpc) is 2.23. The summed E-state index contributed by atoms with van der Waals surface area (Å²) in [5.74, 6) is 0. The van der Waals surface area contributed by atoms with Crippen LogP contribution in [-0.2, 0) is 4.43 Å². The van der Waals surface area contributed by atoms with Gasteiger partial charge in [0, 0.05) is 6.61 Å². The van der Waals surface area contributed by atoms with Crippen LogP contribution in [0, 0.1) is 0 Å². The van der Waals surface area contributed by atoms with E-state index in [-0.39, 0.29) is 0 Å². The van der Waals surface area contributed by atoms with Crippen LogP contribution < -0.4 is 0 Å². The Balaban J connectivity index is 4.07. The van der Waals surface area contributed by atoms with Crippen molar-refractivity contribution in [1.29, 1.82) is 0 Å². The molecular formula is C17H38OSi2.